The van der Waals surface area contributed by atoms with Crippen molar-refractivity contribution in [2.75, 3.05) is 18.1 Å². The smallest absolute Gasteiger partial charge is 0.130 e. The van der Waals surface area contributed by atoms with Crippen LogP contribution < -0.4 is 4.90 Å². The number of anilines is 1. The second kappa shape index (κ2) is 4.49. The van der Waals surface area contributed by atoms with Gasteiger partial charge in [-0.2, -0.15) is 0 Å². The number of aliphatic hydroxyl groups excluding tert-OH is 1. The lowest BCUT2D eigenvalue weighted by atomic mass is 10.0. The minimum atomic E-state index is 0.270. The average Bonchev–Trinajstić information content (AvgIpc) is 2.59. The topological polar surface area (TPSA) is 36.4 Å². The van der Waals surface area contributed by atoms with Crippen molar-refractivity contribution in [2.45, 2.75) is 19.4 Å². The molecule has 2 atom stereocenters. The zero-order valence-corrected chi connectivity index (χ0v) is 10.3. The lowest BCUT2D eigenvalue weighted by molar-refractivity contribution is 0.221. The van der Waals surface area contributed by atoms with Crippen LogP contribution in [0.2, 0.25) is 0 Å². The summed E-state index contributed by atoms with van der Waals surface area (Å²) < 4.78 is 0.861. The molecule has 0 spiro atoms. The standard InChI is InChI=1S/C11H15BrN2O/c1-8-9(7-15)5-6-14(8)11-4-2-3-10(12)13-11/h2-4,8-9,15H,5-7H2,1H3. The molecular formula is C11H15BrN2O. The van der Waals surface area contributed by atoms with Gasteiger partial charge in [-0.05, 0) is 41.4 Å². The molecule has 0 aliphatic carbocycles. The molecule has 4 heteroatoms. The van der Waals surface area contributed by atoms with Crippen LogP contribution in [0.3, 0.4) is 0 Å². The first-order valence-electron chi connectivity index (χ1n) is 5.22. The van der Waals surface area contributed by atoms with E-state index in [1.165, 1.54) is 0 Å². The maximum atomic E-state index is 9.20. The molecule has 82 valence electrons. The Labute approximate surface area is 98.3 Å². The molecular weight excluding hydrogens is 256 g/mol. The summed E-state index contributed by atoms with van der Waals surface area (Å²) in [6, 6.07) is 6.30. The van der Waals surface area contributed by atoms with Crippen LogP contribution in [0.5, 0.6) is 0 Å². The molecule has 1 aliphatic heterocycles. The second-order valence-electron chi connectivity index (χ2n) is 3.98. The molecule has 1 aromatic heterocycles. The van der Waals surface area contributed by atoms with Gasteiger partial charge in [-0.15, -0.1) is 0 Å². The van der Waals surface area contributed by atoms with Gasteiger partial charge in [0.2, 0.25) is 0 Å². The van der Waals surface area contributed by atoms with Crippen LogP contribution in [-0.2, 0) is 0 Å². The maximum absolute atomic E-state index is 9.20. The van der Waals surface area contributed by atoms with Crippen LogP contribution in [0.25, 0.3) is 0 Å². The second-order valence-corrected chi connectivity index (χ2v) is 4.80. The molecule has 2 rings (SSSR count). The molecule has 0 saturated carbocycles. The fourth-order valence-corrected chi connectivity index (χ4v) is 2.46. The number of hydrogen-bond acceptors (Lipinski definition) is 3. The van der Waals surface area contributed by atoms with Crippen molar-refractivity contribution in [3.05, 3.63) is 22.8 Å². The predicted molar refractivity (Wildman–Crippen MR) is 63.9 cm³/mol. The van der Waals surface area contributed by atoms with Crippen molar-refractivity contribution in [3.63, 3.8) is 0 Å². The molecule has 0 bridgehead atoms. The molecule has 2 unspecified atom stereocenters. The van der Waals surface area contributed by atoms with Gasteiger partial charge in [0.15, 0.2) is 0 Å². The Bertz CT molecular complexity index is 345. The number of aromatic nitrogens is 1. The summed E-state index contributed by atoms with van der Waals surface area (Å²) in [6.45, 7) is 3.40. The normalized spacial score (nSPS) is 25.9. The number of pyridine rings is 1. The summed E-state index contributed by atoms with van der Waals surface area (Å²) in [5.74, 6) is 1.37. The number of rotatable bonds is 2. The molecule has 0 amide bonds. The van der Waals surface area contributed by atoms with E-state index in [4.69, 9.17) is 0 Å². The van der Waals surface area contributed by atoms with E-state index in [9.17, 15) is 5.11 Å². The summed E-state index contributed by atoms with van der Waals surface area (Å²) >= 11 is 3.37. The summed E-state index contributed by atoms with van der Waals surface area (Å²) in [6.07, 6.45) is 1.05. The van der Waals surface area contributed by atoms with Crippen molar-refractivity contribution >= 4 is 21.7 Å². The average molecular weight is 271 g/mol. The summed E-state index contributed by atoms with van der Waals surface area (Å²) in [4.78, 5) is 6.69. The zero-order chi connectivity index (χ0) is 10.8. The van der Waals surface area contributed by atoms with E-state index in [1.807, 2.05) is 18.2 Å². The highest BCUT2D eigenvalue weighted by Gasteiger charge is 2.30. The van der Waals surface area contributed by atoms with E-state index < -0.39 is 0 Å². The first-order chi connectivity index (χ1) is 7.22. The lowest BCUT2D eigenvalue weighted by Crippen LogP contribution is -2.31. The Balaban J connectivity index is 2.18. The van der Waals surface area contributed by atoms with E-state index in [0.717, 1.165) is 23.4 Å². The Hall–Kier alpha value is -0.610. The van der Waals surface area contributed by atoms with Gasteiger partial charge >= 0.3 is 0 Å². The van der Waals surface area contributed by atoms with Gasteiger partial charge in [-0.25, -0.2) is 4.98 Å². The third kappa shape index (κ3) is 2.16. The van der Waals surface area contributed by atoms with Crippen molar-refractivity contribution in [3.8, 4) is 0 Å². The van der Waals surface area contributed by atoms with Gasteiger partial charge in [0.05, 0.1) is 0 Å². The van der Waals surface area contributed by atoms with Crippen LogP contribution in [0.4, 0.5) is 5.82 Å². The van der Waals surface area contributed by atoms with E-state index in [0.29, 0.717) is 12.0 Å². The van der Waals surface area contributed by atoms with Crippen LogP contribution in [-0.4, -0.2) is 29.3 Å². The van der Waals surface area contributed by atoms with Crippen LogP contribution in [0.1, 0.15) is 13.3 Å². The molecule has 1 aliphatic rings. The molecule has 1 N–H and O–H groups in total. The number of hydrogen-bond donors (Lipinski definition) is 1. The van der Waals surface area contributed by atoms with Crippen molar-refractivity contribution < 1.29 is 5.11 Å². The number of aliphatic hydroxyl groups is 1. The van der Waals surface area contributed by atoms with Crippen molar-refractivity contribution in [1.82, 2.24) is 4.98 Å². The summed E-state index contributed by atoms with van der Waals surface area (Å²) in [5.41, 5.74) is 0. The fourth-order valence-electron chi connectivity index (χ4n) is 2.13. The number of halogens is 1. The van der Waals surface area contributed by atoms with Crippen LogP contribution in [0, 0.1) is 5.92 Å². The van der Waals surface area contributed by atoms with Crippen molar-refractivity contribution in [2.24, 2.45) is 5.92 Å². The van der Waals surface area contributed by atoms with Gasteiger partial charge in [0, 0.05) is 25.1 Å². The lowest BCUT2D eigenvalue weighted by Gasteiger charge is -2.25. The van der Waals surface area contributed by atoms with Crippen LogP contribution >= 0.6 is 15.9 Å². The first kappa shape index (κ1) is 10.9. The van der Waals surface area contributed by atoms with Gasteiger partial charge in [0.1, 0.15) is 10.4 Å². The predicted octanol–water partition coefficient (Wildman–Crippen LogP) is 2.05. The van der Waals surface area contributed by atoms with Gasteiger partial charge in [-0.1, -0.05) is 6.07 Å². The molecule has 3 nitrogen and oxygen atoms in total. The quantitative estimate of drug-likeness (QED) is 0.836. The van der Waals surface area contributed by atoms with Gasteiger partial charge < -0.3 is 10.0 Å². The van der Waals surface area contributed by atoms with Gasteiger partial charge in [0.25, 0.3) is 0 Å². The third-order valence-corrected chi connectivity index (χ3v) is 3.59. The molecule has 2 heterocycles. The monoisotopic (exact) mass is 270 g/mol. The zero-order valence-electron chi connectivity index (χ0n) is 8.73. The molecule has 0 aromatic carbocycles. The Morgan fingerprint density at radius 1 is 1.60 bits per heavy atom. The van der Waals surface area contributed by atoms with Crippen molar-refractivity contribution in [1.29, 1.82) is 0 Å². The highest BCUT2D eigenvalue weighted by atomic mass is 79.9. The molecule has 15 heavy (non-hydrogen) atoms. The minimum absolute atomic E-state index is 0.270. The maximum Gasteiger partial charge on any atom is 0.130 e. The number of nitrogens with zero attached hydrogens (tertiary/aromatic N) is 2. The Morgan fingerprint density at radius 3 is 3.00 bits per heavy atom. The first-order valence-corrected chi connectivity index (χ1v) is 6.01. The van der Waals surface area contributed by atoms with E-state index in [-0.39, 0.29) is 6.61 Å². The van der Waals surface area contributed by atoms with Crippen LogP contribution in [0.15, 0.2) is 22.8 Å². The highest BCUT2D eigenvalue weighted by Crippen LogP contribution is 2.28. The molecule has 1 saturated heterocycles. The Kier molecular flexibility index (Phi) is 3.26. The summed E-state index contributed by atoms with van der Waals surface area (Å²) in [5, 5.41) is 9.20. The fraction of sp³-hybridized carbons (Fsp3) is 0.545. The SMILES string of the molecule is CC1C(CO)CCN1c1cccc(Br)n1. The van der Waals surface area contributed by atoms with Gasteiger partial charge in [-0.3, -0.25) is 0 Å². The Morgan fingerprint density at radius 2 is 2.40 bits per heavy atom. The molecule has 1 fully saturated rings. The third-order valence-electron chi connectivity index (χ3n) is 3.14. The van der Waals surface area contributed by atoms with E-state index >= 15 is 0 Å². The minimum Gasteiger partial charge on any atom is -0.396 e. The highest BCUT2D eigenvalue weighted by molar-refractivity contribution is 9.10. The largest absolute Gasteiger partial charge is 0.396 e. The molecule has 1 aromatic rings. The molecule has 0 radical (unpaired) electrons. The summed E-state index contributed by atoms with van der Waals surface area (Å²) in [7, 11) is 0. The van der Waals surface area contributed by atoms with E-state index in [2.05, 4.69) is 32.7 Å². The van der Waals surface area contributed by atoms with E-state index in [1.54, 1.807) is 0 Å².